The van der Waals surface area contributed by atoms with Gasteiger partial charge in [-0.05, 0) is 48.3 Å². The van der Waals surface area contributed by atoms with Crippen LogP contribution in [0.15, 0.2) is 146 Å². The minimum atomic E-state index is -2.24. The molecule has 5 aromatic rings. The van der Waals surface area contributed by atoms with E-state index >= 15 is 0 Å². The zero-order chi connectivity index (χ0) is 27.1. The molecule has 5 aromatic carbocycles. The molecule has 4 heteroatoms. The summed E-state index contributed by atoms with van der Waals surface area (Å²) in [4.78, 5) is 6.90. The molecule has 0 saturated heterocycles. The van der Waals surface area contributed by atoms with Crippen molar-refractivity contribution >= 4 is 19.4 Å². The van der Waals surface area contributed by atoms with Gasteiger partial charge in [0.2, 0.25) is 0 Å². The number of hydrogen-bond donors (Lipinski definition) is 0. The number of para-hydroxylation sites is 1. The Morgan fingerprint density at radius 2 is 0.897 bits per heavy atom. The number of ether oxygens (including phenoxy) is 1. The van der Waals surface area contributed by atoms with E-state index < -0.39 is 20.2 Å². The van der Waals surface area contributed by atoms with Crippen LogP contribution in [0.25, 0.3) is 0 Å². The maximum Gasteiger partial charge on any atom is 0.285 e. The van der Waals surface area contributed by atoms with Crippen molar-refractivity contribution in [1.29, 1.82) is 0 Å². The van der Waals surface area contributed by atoms with Gasteiger partial charge < -0.3 is 4.74 Å². The maximum absolute atomic E-state index is 6.90. The molecule has 0 saturated carbocycles. The van der Waals surface area contributed by atoms with Crippen molar-refractivity contribution in [2.75, 3.05) is 0 Å². The average molecular weight is 531 g/mol. The molecule has 0 bridgehead atoms. The Kier molecular flexibility index (Phi) is 8.08. The van der Waals surface area contributed by atoms with E-state index in [4.69, 9.17) is 14.2 Å². The molecule has 0 unspecified atom stereocenters. The van der Waals surface area contributed by atoms with Crippen LogP contribution in [0.5, 0.6) is 5.75 Å². The Bertz CT molecular complexity index is 1370. The Morgan fingerprint density at radius 1 is 0.487 bits per heavy atom. The Labute approximate surface area is 233 Å². The van der Waals surface area contributed by atoms with Crippen LogP contribution in [0, 0.1) is 0 Å². The first kappa shape index (κ1) is 26.6. The van der Waals surface area contributed by atoms with Gasteiger partial charge in [-0.3, -0.25) is 4.58 Å². The van der Waals surface area contributed by atoms with Crippen LogP contribution in [-0.4, -0.2) is 14.6 Å². The summed E-state index contributed by atoms with van der Waals surface area (Å²) in [6.45, 7) is 6.17. The van der Waals surface area contributed by atoms with E-state index in [1.54, 1.807) is 0 Å². The van der Waals surface area contributed by atoms with Crippen LogP contribution in [0.3, 0.4) is 0 Å². The van der Waals surface area contributed by atoms with E-state index in [1.165, 1.54) is 0 Å². The fraction of sp³-hybridized carbons (Fsp3) is 0.143. The molecule has 0 aromatic heterocycles. The Hall–Kier alpha value is -3.96. The highest BCUT2D eigenvalue weighted by Gasteiger charge is 2.43. The van der Waals surface area contributed by atoms with Gasteiger partial charge in [-0.15, -0.1) is 0 Å². The second kappa shape index (κ2) is 11.8. The number of benzene rings is 5. The second-order valence-electron chi connectivity index (χ2n) is 10.5. The summed E-state index contributed by atoms with van der Waals surface area (Å²) in [6, 6.07) is 49.4. The van der Waals surface area contributed by atoms with Crippen LogP contribution in [0.1, 0.15) is 37.5 Å². The fourth-order valence-electron chi connectivity index (χ4n) is 4.82. The minimum Gasteiger partial charge on any atom is -0.488 e. The van der Waals surface area contributed by atoms with Gasteiger partial charge in [-0.1, -0.05) is 140 Å². The first-order valence-corrected chi connectivity index (χ1v) is 14.9. The van der Waals surface area contributed by atoms with Gasteiger partial charge >= 0.3 is 0 Å². The summed E-state index contributed by atoms with van der Waals surface area (Å²) in [7, 11) is -2.24. The molecule has 0 amide bonds. The molecule has 0 aliphatic heterocycles. The van der Waals surface area contributed by atoms with Crippen LogP contribution in [0.4, 0.5) is 0 Å². The summed E-state index contributed by atoms with van der Waals surface area (Å²) < 4.78 is 13.2. The smallest absolute Gasteiger partial charge is 0.285 e. The summed E-state index contributed by atoms with van der Waals surface area (Å²) in [5.41, 5.74) is 1.30. The molecular weight excluding hydrogens is 496 g/mol. The lowest BCUT2D eigenvalue weighted by Crippen LogP contribution is -2.47. The molecule has 0 radical (unpaired) electrons. The van der Waals surface area contributed by atoms with Gasteiger partial charge in [0.15, 0.2) is 5.60 Å². The van der Waals surface area contributed by atoms with Crippen LogP contribution >= 0.6 is 0 Å². The quantitative estimate of drug-likeness (QED) is 0.0925. The first-order chi connectivity index (χ1) is 19.0. The normalized spacial score (nSPS) is 11.9. The molecule has 0 heterocycles. The van der Waals surface area contributed by atoms with Gasteiger partial charge in [0.1, 0.15) is 11.4 Å². The zero-order valence-electron chi connectivity index (χ0n) is 22.7. The summed E-state index contributed by atoms with van der Waals surface area (Å²) in [5, 5.41) is 2.27. The average Bonchev–Trinajstić information content (AvgIpc) is 2.97. The summed E-state index contributed by atoms with van der Waals surface area (Å²) in [5.74, 6) is 0.749. The zero-order valence-corrected chi connectivity index (χ0v) is 23.8. The molecule has 0 aliphatic carbocycles. The van der Waals surface area contributed by atoms with Crippen molar-refractivity contribution in [2.24, 2.45) is 0 Å². The molecule has 0 fully saturated rings. The lowest BCUT2D eigenvalue weighted by atomic mass is 9.80. The van der Waals surface area contributed by atoms with Gasteiger partial charge in [0.25, 0.3) is 9.04 Å². The molecule has 5 rings (SSSR count). The van der Waals surface area contributed by atoms with Crippen LogP contribution in [0.2, 0.25) is 0 Å². The Balaban J connectivity index is 1.71. The lowest BCUT2D eigenvalue weighted by Gasteiger charge is -2.37. The molecule has 0 spiro atoms. The highest BCUT2D eigenvalue weighted by molar-refractivity contribution is 6.79. The predicted molar refractivity (Wildman–Crippen MR) is 161 cm³/mol. The summed E-state index contributed by atoms with van der Waals surface area (Å²) in [6.07, 6.45) is 0. The lowest BCUT2D eigenvalue weighted by molar-refractivity contribution is -0.273. The highest BCUT2D eigenvalue weighted by atomic mass is 28.3. The molecule has 39 heavy (non-hydrogen) atoms. The van der Waals surface area contributed by atoms with E-state index in [0.29, 0.717) is 0 Å². The largest absolute Gasteiger partial charge is 0.488 e. The van der Waals surface area contributed by atoms with E-state index in [-0.39, 0.29) is 0 Å². The topological polar surface area (TPSA) is 27.7 Å². The third-order valence-electron chi connectivity index (χ3n) is 6.52. The van der Waals surface area contributed by atoms with Crippen molar-refractivity contribution in [2.45, 2.75) is 32.0 Å². The third kappa shape index (κ3) is 6.04. The molecule has 0 N–H and O–H groups in total. The predicted octanol–water partition coefficient (Wildman–Crippen LogP) is 6.64. The van der Waals surface area contributed by atoms with Crippen molar-refractivity contribution in [3.8, 4) is 5.75 Å². The van der Waals surface area contributed by atoms with E-state index in [0.717, 1.165) is 32.8 Å². The molecule has 196 valence electrons. The SMILES string of the molecule is CC(C)(C)Oc1ccccc1C(OO[SiH](c1ccccc1)c1ccccc1)(c1ccccc1)c1ccccc1. The highest BCUT2D eigenvalue weighted by Crippen LogP contribution is 2.45. The van der Waals surface area contributed by atoms with Crippen LogP contribution in [-0.2, 0) is 15.1 Å². The van der Waals surface area contributed by atoms with Gasteiger partial charge in [0, 0.05) is 5.56 Å². The monoisotopic (exact) mass is 530 g/mol. The molecule has 0 aliphatic rings. The summed E-state index contributed by atoms with van der Waals surface area (Å²) >= 11 is 0. The number of rotatable bonds is 9. The minimum absolute atomic E-state index is 0.401. The Morgan fingerprint density at radius 3 is 1.36 bits per heavy atom. The molecule has 0 atom stereocenters. The number of hydrogen-bond acceptors (Lipinski definition) is 3. The van der Waals surface area contributed by atoms with Crippen molar-refractivity contribution < 1.29 is 14.2 Å². The van der Waals surface area contributed by atoms with Crippen molar-refractivity contribution in [1.82, 2.24) is 0 Å². The first-order valence-electron chi connectivity index (χ1n) is 13.3. The fourth-order valence-corrected chi connectivity index (χ4v) is 6.81. The van der Waals surface area contributed by atoms with Gasteiger partial charge in [-0.2, -0.15) is 0 Å². The van der Waals surface area contributed by atoms with Crippen molar-refractivity contribution in [3.05, 3.63) is 162 Å². The third-order valence-corrected chi connectivity index (χ3v) is 8.79. The van der Waals surface area contributed by atoms with Crippen LogP contribution < -0.4 is 15.1 Å². The molecular formula is C35H34O3Si. The van der Waals surface area contributed by atoms with E-state index in [1.807, 2.05) is 66.7 Å². The second-order valence-corrected chi connectivity index (χ2v) is 12.8. The van der Waals surface area contributed by atoms with E-state index in [2.05, 4.69) is 99.6 Å². The van der Waals surface area contributed by atoms with E-state index in [9.17, 15) is 0 Å². The maximum atomic E-state index is 6.90. The standard InChI is InChI=1S/C35H34O3Si/c1-34(2,3)36-33-27-17-16-26-32(33)35(28-18-8-4-9-19-28,29-20-10-5-11-21-29)37-38-39(30-22-12-6-13-23-30)31-24-14-7-15-25-31/h4-27,39H,1-3H3. The van der Waals surface area contributed by atoms with Gasteiger partial charge in [0.05, 0.1) is 0 Å². The molecule has 3 nitrogen and oxygen atoms in total. The van der Waals surface area contributed by atoms with Gasteiger partial charge in [-0.25, -0.2) is 4.89 Å². The van der Waals surface area contributed by atoms with Crippen molar-refractivity contribution in [3.63, 3.8) is 0 Å².